The monoisotopic (exact) mass is 279 g/mol. The fraction of sp³-hybridized carbons (Fsp3) is 0.625. The molecule has 1 aromatic rings. The number of nitrogens with two attached hydrogens (primary N) is 1. The highest BCUT2D eigenvalue weighted by atomic mass is 19.3. The second kappa shape index (κ2) is 5.65. The van der Waals surface area contributed by atoms with Gasteiger partial charge < -0.3 is 21.0 Å². The Morgan fingerprint density at radius 2 is 2.32 bits per heavy atom. The van der Waals surface area contributed by atoms with Crippen molar-refractivity contribution in [2.45, 2.75) is 31.4 Å². The Morgan fingerprint density at radius 1 is 1.68 bits per heavy atom. The van der Waals surface area contributed by atoms with E-state index in [0.29, 0.717) is 4.68 Å². The van der Waals surface area contributed by atoms with Crippen molar-refractivity contribution >= 4 is 11.9 Å². The van der Waals surface area contributed by atoms with E-state index in [0.717, 1.165) is 6.33 Å². The van der Waals surface area contributed by atoms with E-state index in [-0.39, 0.29) is 0 Å². The lowest BCUT2D eigenvalue weighted by atomic mass is 10.1. The number of carbonyl (C=O) groups is 1. The van der Waals surface area contributed by atoms with E-state index in [1.165, 1.54) is 0 Å². The summed E-state index contributed by atoms with van der Waals surface area (Å²) in [6.07, 6.45) is -2.18. The number of aliphatic hydroxyl groups is 1. The molecule has 0 saturated heterocycles. The first kappa shape index (κ1) is 14.9. The molecule has 0 aromatic carbocycles. The highest BCUT2D eigenvalue weighted by molar-refractivity contribution is 5.78. The minimum Gasteiger partial charge on any atom is -0.390 e. The third-order valence-electron chi connectivity index (χ3n) is 2.19. The van der Waals surface area contributed by atoms with E-state index in [1.807, 2.05) is 0 Å². The first-order valence-corrected chi connectivity index (χ1v) is 5.10. The molecule has 0 fully saturated rings. The molecule has 0 saturated carbocycles. The third-order valence-corrected chi connectivity index (χ3v) is 2.19. The van der Waals surface area contributed by atoms with E-state index in [2.05, 4.69) is 10.1 Å². The summed E-state index contributed by atoms with van der Waals surface area (Å²) in [7, 11) is 0. The average Bonchev–Trinajstić information content (AvgIpc) is 2.73. The van der Waals surface area contributed by atoms with Crippen LogP contribution in [0.25, 0.3) is 0 Å². The number of nitro groups is 1. The molecule has 0 radical (unpaired) electrons. The highest BCUT2D eigenvalue weighted by Gasteiger charge is 2.33. The van der Waals surface area contributed by atoms with Crippen LogP contribution in [-0.4, -0.2) is 42.7 Å². The summed E-state index contributed by atoms with van der Waals surface area (Å²) in [5, 5.41) is 22.5. The molecule has 0 aliphatic heterocycles. The quantitative estimate of drug-likeness (QED) is 0.507. The minimum absolute atomic E-state index is 0.515. The molecule has 11 heteroatoms. The number of aromatic nitrogens is 3. The molecule has 1 atom stereocenters. The number of hydrogen-bond donors (Lipinski definition) is 2. The molecule has 1 rings (SSSR count). The Hall–Kier alpha value is -2.17. The van der Waals surface area contributed by atoms with Gasteiger partial charge >= 0.3 is 5.95 Å². The van der Waals surface area contributed by atoms with E-state index >= 15 is 0 Å². The maximum atomic E-state index is 13.4. The van der Waals surface area contributed by atoms with Crippen LogP contribution in [0, 0.1) is 10.1 Å². The predicted molar refractivity (Wildman–Crippen MR) is 56.1 cm³/mol. The number of aliphatic hydroxyl groups excluding tert-OH is 1. The van der Waals surface area contributed by atoms with Crippen molar-refractivity contribution in [3.8, 4) is 0 Å². The molecule has 1 unspecified atom stereocenters. The molecule has 0 bridgehead atoms. The first-order valence-electron chi connectivity index (χ1n) is 5.10. The average molecular weight is 279 g/mol. The van der Waals surface area contributed by atoms with Gasteiger partial charge in [-0.2, -0.15) is 4.68 Å². The topological polar surface area (TPSA) is 137 Å². The number of carbonyl (C=O) groups excluding carboxylic acids is 1. The van der Waals surface area contributed by atoms with Crippen LogP contribution in [0.2, 0.25) is 0 Å². The number of rotatable bonds is 7. The van der Waals surface area contributed by atoms with Gasteiger partial charge in [-0.25, -0.2) is 8.78 Å². The van der Waals surface area contributed by atoms with Gasteiger partial charge in [-0.1, -0.05) is 4.98 Å². The number of halogens is 2. The summed E-state index contributed by atoms with van der Waals surface area (Å²) in [6, 6.07) is 0. The van der Waals surface area contributed by atoms with Gasteiger partial charge in [0.25, 0.3) is 5.92 Å². The Morgan fingerprint density at radius 3 is 2.79 bits per heavy atom. The van der Waals surface area contributed by atoms with Gasteiger partial charge in [-0.3, -0.25) is 4.79 Å². The molecule has 0 aliphatic rings. The second-order valence-electron chi connectivity index (χ2n) is 3.81. The maximum absolute atomic E-state index is 13.4. The van der Waals surface area contributed by atoms with Crippen molar-refractivity contribution in [3.05, 3.63) is 16.4 Å². The number of alkyl halides is 2. The van der Waals surface area contributed by atoms with Crippen LogP contribution in [0.3, 0.4) is 0 Å². The molecule has 0 aliphatic carbocycles. The normalized spacial score (nSPS) is 13.2. The zero-order valence-corrected chi connectivity index (χ0v) is 9.57. The number of hydrogen-bond acceptors (Lipinski definition) is 6. The standard InChI is InChI=1S/C8H11F2N5O4/c9-8(10,2-1-5(16)6(11)17)3-14-4-12-7(13-14)15(18)19/h4-5,16H,1-3H2,(H2,11,17). The molecule has 106 valence electrons. The van der Waals surface area contributed by atoms with Crippen LogP contribution < -0.4 is 5.73 Å². The number of nitrogens with zero attached hydrogens (tertiary/aromatic N) is 4. The maximum Gasteiger partial charge on any atom is 0.490 e. The van der Waals surface area contributed by atoms with Crippen LogP contribution in [0.5, 0.6) is 0 Å². The summed E-state index contributed by atoms with van der Waals surface area (Å²) >= 11 is 0. The van der Waals surface area contributed by atoms with Crippen molar-refractivity contribution in [1.82, 2.24) is 14.8 Å². The molecule has 3 N–H and O–H groups in total. The second-order valence-corrected chi connectivity index (χ2v) is 3.81. The lowest BCUT2D eigenvalue weighted by molar-refractivity contribution is -0.394. The van der Waals surface area contributed by atoms with Crippen LogP contribution in [0.4, 0.5) is 14.7 Å². The fourth-order valence-electron chi connectivity index (χ4n) is 1.25. The fourth-order valence-corrected chi connectivity index (χ4v) is 1.25. The van der Waals surface area contributed by atoms with Gasteiger partial charge in [0.15, 0.2) is 0 Å². The first-order chi connectivity index (χ1) is 8.71. The minimum atomic E-state index is -3.31. The molecule has 1 aromatic heterocycles. The van der Waals surface area contributed by atoms with Crippen molar-refractivity contribution in [1.29, 1.82) is 0 Å². The van der Waals surface area contributed by atoms with E-state index in [1.54, 1.807) is 0 Å². The molecule has 19 heavy (non-hydrogen) atoms. The summed E-state index contributed by atoms with van der Waals surface area (Å²) in [5.74, 6) is -5.18. The summed E-state index contributed by atoms with van der Waals surface area (Å²) in [4.78, 5) is 23.1. The smallest absolute Gasteiger partial charge is 0.390 e. The molecule has 0 spiro atoms. The largest absolute Gasteiger partial charge is 0.490 e. The van der Waals surface area contributed by atoms with Crippen LogP contribution in [-0.2, 0) is 11.3 Å². The Bertz CT molecular complexity index is 477. The van der Waals surface area contributed by atoms with Gasteiger partial charge in [-0.15, -0.1) is 0 Å². The van der Waals surface area contributed by atoms with Gasteiger partial charge in [0.1, 0.15) is 12.6 Å². The summed E-state index contributed by atoms with van der Waals surface area (Å²) in [6.45, 7) is -0.945. The molecular formula is C8H11F2N5O4. The van der Waals surface area contributed by atoms with Gasteiger partial charge in [0, 0.05) is 11.5 Å². The molecule has 1 heterocycles. The van der Waals surface area contributed by atoms with Crippen LogP contribution >= 0.6 is 0 Å². The lowest BCUT2D eigenvalue weighted by Gasteiger charge is -2.15. The van der Waals surface area contributed by atoms with Crippen LogP contribution in [0.15, 0.2) is 6.33 Å². The van der Waals surface area contributed by atoms with Crippen molar-refractivity contribution in [2.75, 3.05) is 0 Å². The summed E-state index contributed by atoms with van der Waals surface area (Å²) in [5.41, 5.74) is 4.72. The molecular weight excluding hydrogens is 268 g/mol. The van der Waals surface area contributed by atoms with E-state index < -0.39 is 48.2 Å². The highest BCUT2D eigenvalue weighted by Crippen LogP contribution is 2.23. The van der Waals surface area contributed by atoms with Gasteiger partial charge in [0.05, 0.1) is 0 Å². The zero-order valence-electron chi connectivity index (χ0n) is 9.57. The Kier molecular flexibility index (Phi) is 4.43. The van der Waals surface area contributed by atoms with Crippen LogP contribution in [0.1, 0.15) is 12.8 Å². The third kappa shape index (κ3) is 4.54. The van der Waals surface area contributed by atoms with Crippen molar-refractivity contribution in [3.63, 3.8) is 0 Å². The Balaban J connectivity index is 2.57. The predicted octanol–water partition coefficient (Wildman–Crippen LogP) is -0.552. The molecule has 1 amide bonds. The SMILES string of the molecule is NC(=O)C(O)CCC(F)(F)Cn1cnc([N+](=O)[O-])n1. The number of amides is 1. The van der Waals surface area contributed by atoms with Gasteiger partial charge in [-0.05, 0) is 11.3 Å². The molecule has 9 nitrogen and oxygen atoms in total. The van der Waals surface area contributed by atoms with E-state index in [4.69, 9.17) is 10.8 Å². The van der Waals surface area contributed by atoms with Crippen molar-refractivity contribution < 1.29 is 23.6 Å². The van der Waals surface area contributed by atoms with Gasteiger partial charge in [0.2, 0.25) is 12.2 Å². The van der Waals surface area contributed by atoms with E-state index in [9.17, 15) is 23.7 Å². The zero-order chi connectivity index (χ0) is 14.6. The van der Waals surface area contributed by atoms with Crippen molar-refractivity contribution in [2.24, 2.45) is 5.73 Å². The summed E-state index contributed by atoms with van der Waals surface area (Å²) < 4.78 is 27.5. The Labute approximate surface area is 105 Å². The lowest BCUT2D eigenvalue weighted by Crippen LogP contribution is -2.32. The number of primary amides is 1.